The van der Waals surface area contributed by atoms with E-state index < -0.39 is 17.8 Å². The van der Waals surface area contributed by atoms with Gasteiger partial charge in [-0.3, -0.25) is 19.3 Å². The number of carboxylic acid groups (broad SMARTS) is 1. The Labute approximate surface area is 121 Å². The average molecular weight is 292 g/mol. The Bertz CT molecular complexity index is 554. The van der Waals surface area contributed by atoms with Crippen LogP contribution in [0.3, 0.4) is 0 Å². The second-order valence-corrected chi connectivity index (χ2v) is 4.64. The quantitative estimate of drug-likeness (QED) is 0.788. The molecular weight excluding hydrogens is 276 g/mol. The van der Waals surface area contributed by atoms with Crippen molar-refractivity contribution in [2.75, 3.05) is 31.6 Å². The fraction of sp³-hybridized carbons (Fsp3) is 0.357. The summed E-state index contributed by atoms with van der Waals surface area (Å²) in [6, 6.07) is 7.08. The van der Waals surface area contributed by atoms with Gasteiger partial charge in [-0.15, -0.1) is 0 Å². The second-order valence-electron chi connectivity index (χ2n) is 4.64. The molecule has 21 heavy (non-hydrogen) atoms. The summed E-state index contributed by atoms with van der Waals surface area (Å²) in [4.78, 5) is 37.2. The third kappa shape index (κ3) is 3.50. The Hall–Kier alpha value is -2.57. The van der Waals surface area contributed by atoms with Gasteiger partial charge in [-0.2, -0.15) is 0 Å². The number of carbonyl (C=O) groups is 3. The van der Waals surface area contributed by atoms with Gasteiger partial charge in [-0.05, 0) is 12.1 Å². The summed E-state index contributed by atoms with van der Waals surface area (Å²) in [5.74, 6) is -1.18. The molecule has 1 fully saturated rings. The third-order valence-electron chi connectivity index (χ3n) is 3.22. The van der Waals surface area contributed by atoms with E-state index in [2.05, 4.69) is 0 Å². The van der Waals surface area contributed by atoms with E-state index in [0.717, 1.165) is 4.90 Å². The van der Waals surface area contributed by atoms with Gasteiger partial charge in [0, 0.05) is 18.3 Å². The largest absolute Gasteiger partial charge is 0.497 e. The topological polar surface area (TPSA) is 87.2 Å². The van der Waals surface area contributed by atoms with Crippen molar-refractivity contribution in [3.8, 4) is 5.75 Å². The number of rotatable bonds is 5. The smallest absolute Gasteiger partial charge is 0.305 e. The van der Waals surface area contributed by atoms with E-state index in [4.69, 9.17) is 9.84 Å². The van der Waals surface area contributed by atoms with Crippen molar-refractivity contribution < 1.29 is 24.2 Å². The lowest BCUT2D eigenvalue weighted by Crippen LogP contribution is -2.54. The van der Waals surface area contributed by atoms with E-state index in [9.17, 15) is 14.4 Å². The molecule has 0 aliphatic carbocycles. The van der Waals surface area contributed by atoms with Gasteiger partial charge < -0.3 is 14.7 Å². The van der Waals surface area contributed by atoms with Gasteiger partial charge >= 0.3 is 5.97 Å². The SMILES string of the molecule is COc1cccc(N2CC(=O)N(CCC(=O)O)C(=O)C2)c1. The predicted octanol–water partition coefficient (Wildman–Crippen LogP) is 0.345. The molecule has 2 amide bonds. The number of benzene rings is 1. The molecule has 1 heterocycles. The summed E-state index contributed by atoms with van der Waals surface area (Å²) in [7, 11) is 1.54. The van der Waals surface area contributed by atoms with Crippen LogP contribution in [0.1, 0.15) is 6.42 Å². The monoisotopic (exact) mass is 292 g/mol. The van der Waals surface area contributed by atoms with Crippen LogP contribution < -0.4 is 9.64 Å². The van der Waals surface area contributed by atoms with Crippen molar-refractivity contribution >= 4 is 23.5 Å². The fourth-order valence-corrected chi connectivity index (χ4v) is 2.14. The van der Waals surface area contributed by atoms with E-state index in [-0.39, 0.29) is 26.1 Å². The molecule has 112 valence electrons. The van der Waals surface area contributed by atoms with Gasteiger partial charge in [0.05, 0.1) is 26.6 Å². The van der Waals surface area contributed by atoms with Gasteiger partial charge in [0.1, 0.15) is 5.75 Å². The van der Waals surface area contributed by atoms with E-state index in [1.54, 1.807) is 36.3 Å². The number of carbonyl (C=O) groups excluding carboxylic acids is 2. The maximum absolute atomic E-state index is 12.0. The minimum Gasteiger partial charge on any atom is -0.497 e. The van der Waals surface area contributed by atoms with Crippen molar-refractivity contribution in [1.82, 2.24) is 4.90 Å². The van der Waals surface area contributed by atoms with Crippen LogP contribution in [0.25, 0.3) is 0 Å². The summed E-state index contributed by atoms with van der Waals surface area (Å²) < 4.78 is 5.11. The number of nitrogens with zero attached hydrogens (tertiary/aromatic N) is 2. The average Bonchev–Trinajstić information content (AvgIpc) is 2.46. The molecule has 0 saturated carbocycles. The highest BCUT2D eigenvalue weighted by molar-refractivity contribution is 6.03. The van der Waals surface area contributed by atoms with Gasteiger partial charge in [0.25, 0.3) is 0 Å². The highest BCUT2D eigenvalue weighted by atomic mass is 16.5. The number of ether oxygens (including phenoxy) is 1. The zero-order chi connectivity index (χ0) is 15.4. The summed E-state index contributed by atoms with van der Waals surface area (Å²) >= 11 is 0. The minimum atomic E-state index is -1.04. The molecule has 0 unspecified atom stereocenters. The number of methoxy groups -OCH3 is 1. The zero-order valence-electron chi connectivity index (χ0n) is 11.6. The number of hydrogen-bond donors (Lipinski definition) is 1. The number of anilines is 1. The highest BCUT2D eigenvalue weighted by Crippen LogP contribution is 2.22. The van der Waals surface area contributed by atoms with Gasteiger partial charge in [-0.1, -0.05) is 6.07 Å². The Morgan fingerprint density at radius 2 is 1.95 bits per heavy atom. The molecule has 1 aliphatic rings. The maximum atomic E-state index is 12.0. The Balaban J connectivity index is 2.08. The van der Waals surface area contributed by atoms with E-state index in [0.29, 0.717) is 11.4 Å². The minimum absolute atomic E-state index is 0.0402. The molecule has 1 aromatic rings. The van der Waals surface area contributed by atoms with E-state index in [1.807, 2.05) is 0 Å². The van der Waals surface area contributed by atoms with Gasteiger partial charge in [0.2, 0.25) is 11.8 Å². The van der Waals surface area contributed by atoms with E-state index in [1.165, 1.54) is 0 Å². The number of carboxylic acids is 1. The standard InChI is InChI=1S/C14H16N2O5/c1-21-11-4-2-3-10(7-11)15-8-12(17)16(13(18)9-15)6-5-14(19)20/h2-4,7H,5-6,8-9H2,1H3,(H,19,20). The Morgan fingerprint density at radius 1 is 1.29 bits per heavy atom. The molecule has 0 aromatic heterocycles. The number of amides is 2. The molecule has 1 N–H and O–H groups in total. The van der Waals surface area contributed by atoms with Gasteiger partial charge in [0.15, 0.2) is 0 Å². The molecule has 7 heteroatoms. The Morgan fingerprint density at radius 3 is 2.52 bits per heavy atom. The van der Waals surface area contributed by atoms with Crippen LogP contribution >= 0.6 is 0 Å². The maximum Gasteiger partial charge on any atom is 0.305 e. The Kier molecular flexibility index (Phi) is 4.42. The molecule has 0 spiro atoms. The molecule has 1 saturated heterocycles. The van der Waals surface area contributed by atoms with Crippen molar-refractivity contribution in [3.63, 3.8) is 0 Å². The predicted molar refractivity (Wildman–Crippen MR) is 74.2 cm³/mol. The summed E-state index contributed by atoms with van der Waals surface area (Å²) in [5.41, 5.74) is 0.717. The molecular formula is C14H16N2O5. The van der Waals surface area contributed by atoms with Crippen molar-refractivity contribution in [2.45, 2.75) is 6.42 Å². The second kappa shape index (κ2) is 6.25. The van der Waals surface area contributed by atoms with Crippen LogP contribution in [0.4, 0.5) is 5.69 Å². The molecule has 7 nitrogen and oxygen atoms in total. The van der Waals surface area contributed by atoms with Crippen LogP contribution in [-0.2, 0) is 14.4 Å². The van der Waals surface area contributed by atoms with Crippen LogP contribution in [0.2, 0.25) is 0 Å². The van der Waals surface area contributed by atoms with E-state index >= 15 is 0 Å². The first kappa shape index (κ1) is 14.8. The number of piperazine rings is 1. The first-order valence-electron chi connectivity index (χ1n) is 6.45. The van der Waals surface area contributed by atoms with Crippen molar-refractivity contribution in [1.29, 1.82) is 0 Å². The van der Waals surface area contributed by atoms with Gasteiger partial charge in [-0.25, -0.2) is 0 Å². The van der Waals surface area contributed by atoms with Crippen LogP contribution in [-0.4, -0.2) is 54.5 Å². The highest BCUT2D eigenvalue weighted by Gasteiger charge is 2.31. The van der Waals surface area contributed by atoms with Crippen LogP contribution in [0.5, 0.6) is 5.75 Å². The fourth-order valence-electron chi connectivity index (χ4n) is 2.14. The first-order chi connectivity index (χ1) is 10.0. The summed E-state index contributed by atoms with van der Waals surface area (Å²) in [6.07, 6.45) is -0.239. The lowest BCUT2D eigenvalue weighted by atomic mass is 10.2. The lowest BCUT2D eigenvalue weighted by Gasteiger charge is -2.33. The normalized spacial score (nSPS) is 15.3. The number of hydrogen-bond acceptors (Lipinski definition) is 5. The first-order valence-corrected chi connectivity index (χ1v) is 6.45. The van der Waals surface area contributed by atoms with Crippen molar-refractivity contribution in [3.05, 3.63) is 24.3 Å². The zero-order valence-corrected chi connectivity index (χ0v) is 11.6. The molecule has 1 aliphatic heterocycles. The van der Waals surface area contributed by atoms with Crippen molar-refractivity contribution in [2.24, 2.45) is 0 Å². The molecule has 0 bridgehead atoms. The van der Waals surface area contributed by atoms with Crippen LogP contribution in [0.15, 0.2) is 24.3 Å². The summed E-state index contributed by atoms with van der Waals surface area (Å²) in [5, 5.41) is 8.63. The van der Waals surface area contributed by atoms with Crippen LogP contribution in [0, 0.1) is 0 Å². The summed E-state index contributed by atoms with van der Waals surface area (Å²) in [6.45, 7) is -0.00396. The number of aliphatic carboxylic acids is 1. The lowest BCUT2D eigenvalue weighted by molar-refractivity contribution is -0.146. The number of imide groups is 1. The molecule has 0 radical (unpaired) electrons. The third-order valence-corrected chi connectivity index (χ3v) is 3.22. The molecule has 2 rings (SSSR count). The molecule has 1 aromatic carbocycles. The molecule has 0 atom stereocenters.